The van der Waals surface area contributed by atoms with Gasteiger partial charge < -0.3 is 4.74 Å². The lowest BCUT2D eigenvalue weighted by Crippen LogP contribution is -2.57. The van der Waals surface area contributed by atoms with Gasteiger partial charge in [0.15, 0.2) is 0 Å². The van der Waals surface area contributed by atoms with E-state index < -0.39 is 0 Å². The first-order chi connectivity index (χ1) is 11.7. The average Bonchev–Trinajstić information content (AvgIpc) is 2.92. The van der Waals surface area contributed by atoms with Gasteiger partial charge in [-0.15, -0.1) is 5.10 Å². The van der Waals surface area contributed by atoms with E-state index in [1.807, 2.05) is 17.8 Å². The Hall–Kier alpha value is -1.86. The summed E-state index contributed by atoms with van der Waals surface area (Å²) in [5, 5.41) is 8.50. The van der Waals surface area contributed by atoms with Crippen LogP contribution >= 0.6 is 0 Å². The summed E-state index contributed by atoms with van der Waals surface area (Å²) in [5.74, 6) is 0. The Labute approximate surface area is 149 Å². The van der Waals surface area contributed by atoms with Crippen molar-refractivity contribution in [1.29, 1.82) is 0 Å². The number of hydrogen-bond acceptors (Lipinski definition) is 6. The van der Waals surface area contributed by atoms with Crippen molar-refractivity contribution in [2.45, 2.75) is 58.8 Å². The molecule has 0 N–H and O–H groups in total. The van der Waals surface area contributed by atoms with Crippen molar-refractivity contribution < 1.29 is 4.74 Å². The first-order valence-electron chi connectivity index (χ1n) is 8.80. The van der Waals surface area contributed by atoms with Gasteiger partial charge in [0.25, 0.3) is 0 Å². The van der Waals surface area contributed by atoms with Crippen LogP contribution in [-0.4, -0.2) is 60.7 Å². The summed E-state index contributed by atoms with van der Waals surface area (Å²) in [7, 11) is 0. The molecule has 3 rings (SSSR count). The maximum Gasteiger partial charge on any atom is 0.0864 e. The predicted molar refractivity (Wildman–Crippen MR) is 95.3 cm³/mol. The second-order valence-electron chi connectivity index (χ2n) is 8.14. The molecule has 0 aromatic carbocycles. The van der Waals surface area contributed by atoms with E-state index in [-0.39, 0.29) is 11.2 Å². The Balaban J connectivity index is 1.55. The van der Waals surface area contributed by atoms with Crippen LogP contribution in [0.3, 0.4) is 0 Å². The number of aryl methyl sites for hydroxylation is 1. The van der Waals surface area contributed by atoms with E-state index in [1.165, 1.54) is 0 Å². The fraction of sp³-hybridized carbons (Fsp3) is 0.667. The summed E-state index contributed by atoms with van der Waals surface area (Å²) in [6.07, 6.45) is 6.44. The van der Waals surface area contributed by atoms with Gasteiger partial charge in [0.05, 0.1) is 41.0 Å². The third-order valence-corrected chi connectivity index (χ3v) is 4.19. The van der Waals surface area contributed by atoms with Crippen LogP contribution in [0.4, 0.5) is 0 Å². The number of ether oxygens (including phenoxy) is 1. The molecule has 1 fully saturated rings. The standard InChI is InChI=1S/C18H28N6O/c1-14-8-20-16(9-19-14)11-24-10-15(21-22-24)6-7-23-12-17(2,3)25-18(4,5)13-23/h8-10H,6-7,11-13H2,1-5H3. The zero-order valence-corrected chi connectivity index (χ0v) is 15.9. The lowest BCUT2D eigenvalue weighted by atomic mass is 9.99. The molecular weight excluding hydrogens is 316 g/mol. The molecule has 2 aromatic rings. The number of aromatic nitrogens is 5. The summed E-state index contributed by atoms with van der Waals surface area (Å²) < 4.78 is 7.96. The molecule has 0 atom stereocenters. The number of morpholine rings is 1. The highest BCUT2D eigenvalue weighted by molar-refractivity contribution is 5.02. The number of hydrogen-bond donors (Lipinski definition) is 0. The summed E-state index contributed by atoms with van der Waals surface area (Å²) in [4.78, 5) is 11.1. The van der Waals surface area contributed by atoms with Crippen molar-refractivity contribution >= 4 is 0 Å². The number of nitrogens with zero attached hydrogens (tertiary/aromatic N) is 6. The molecule has 136 valence electrons. The highest BCUT2D eigenvalue weighted by Crippen LogP contribution is 2.27. The van der Waals surface area contributed by atoms with Crippen LogP contribution in [0.2, 0.25) is 0 Å². The summed E-state index contributed by atoms with van der Waals surface area (Å²) in [5.41, 5.74) is 2.56. The highest BCUT2D eigenvalue weighted by Gasteiger charge is 2.37. The Morgan fingerprint density at radius 2 is 1.76 bits per heavy atom. The van der Waals surface area contributed by atoms with Crippen molar-refractivity contribution in [2.75, 3.05) is 19.6 Å². The predicted octanol–water partition coefficient (Wildman–Crippen LogP) is 1.86. The maximum atomic E-state index is 6.14. The quantitative estimate of drug-likeness (QED) is 0.825. The normalized spacial score (nSPS) is 19.9. The van der Waals surface area contributed by atoms with E-state index in [4.69, 9.17) is 4.74 Å². The third-order valence-electron chi connectivity index (χ3n) is 4.19. The molecule has 7 heteroatoms. The van der Waals surface area contributed by atoms with Gasteiger partial charge in [0, 0.05) is 38.4 Å². The molecule has 7 nitrogen and oxygen atoms in total. The SMILES string of the molecule is Cc1cnc(Cn2cc(CCN3CC(C)(C)OC(C)(C)C3)nn2)cn1. The van der Waals surface area contributed by atoms with Crippen LogP contribution in [0, 0.1) is 6.92 Å². The maximum absolute atomic E-state index is 6.14. The minimum Gasteiger partial charge on any atom is -0.367 e. The largest absolute Gasteiger partial charge is 0.367 e. The zero-order chi connectivity index (χ0) is 18.1. The van der Waals surface area contributed by atoms with Crippen molar-refractivity contribution in [3.63, 3.8) is 0 Å². The van der Waals surface area contributed by atoms with E-state index in [0.717, 1.165) is 43.1 Å². The topological polar surface area (TPSA) is 69.0 Å². The lowest BCUT2D eigenvalue weighted by molar-refractivity contribution is -0.180. The Morgan fingerprint density at radius 3 is 2.40 bits per heavy atom. The van der Waals surface area contributed by atoms with Crippen LogP contribution in [0.5, 0.6) is 0 Å². The van der Waals surface area contributed by atoms with Gasteiger partial charge in [-0.3, -0.25) is 14.9 Å². The van der Waals surface area contributed by atoms with E-state index in [0.29, 0.717) is 6.54 Å². The zero-order valence-electron chi connectivity index (χ0n) is 15.9. The fourth-order valence-electron chi connectivity index (χ4n) is 3.57. The van der Waals surface area contributed by atoms with Crippen LogP contribution in [0.1, 0.15) is 44.8 Å². The second kappa shape index (κ2) is 6.80. The van der Waals surface area contributed by atoms with Crippen molar-refractivity contribution in [3.05, 3.63) is 35.7 Å². The van der Waals surface area contributed by atoms with Crippen LogP contribution in [0.25, 0.3) is 0 Å². The van der Waals surface area contributed by atoms with E-state index >= 15 is 0 Å². The molecule has 1 saturated heterocycles. The highest BCUT2D eigenvalue weighted by atomic mass is 16.5. The van der Waals surface area contributed by atoms with Gasteiger partial charge >= 0.3 is 0 Å². The summed E-state index contributed by atoms with van der Waals surface area (Å²) in [6.45, 7) is 14.0. The van der Waals surface area contributed by atoms with Gasteiger partial charge in [-0.25, -0.2) is 4.68 Å². The van der Waals surface area contributed by atoms with Gasteiger partial charge in [-0.05, 0) is 34.6 Å². The molecule has 0 amide bonds. The molecule has 0 aliphatic carbocycles. The van der Waals surface area contributed by atoms with E-state index in [2.05, 4.69) is 52.9 Å². The molecule has 0 radical (unpaired) electrons. The second-order valence-corrected chi connectivity index (χ2v) is 8.14. The smallest absolute Gasteiger partial charge is 0.0864 e. The first kappa shape index (κ1) is 17.9. The number of rotatable bonds is 5. The van der Waals surface area contributed by atoms with E-state index in [9.17, 15) is 0 Å². The molecule has 0 spiro atoms. The molecule has 25 heavy (non-hydrogen) atoms. The van der Waals surface area contributed by atoms with Gasteiger partial charge in [0.1, 0.15) is 0 Å². The van der Waals surface area contributed by atoms with Crippen LogP contribution in [0.15, 0.2) is 18.6 Å². The Morgan fingerprint density at radius 1 is 1.04 bits per heavy atom. The molecule has 0 bridgehead atoms. The van der Waals surface area contributed by atoms with Gasteiger partial charge in [-0.1, -0.05) is 5.21 Å². The minimum atomic E-state index is -0.122. The molecule has 1 aliphatic rings. The summed E-state index contributed by atoms with van der Waals surface area (Å²) >= 11 is 0. The fourth-order valence-corrected chi connectivity index (χ4v) is 3.57. The van der Waals surface area contributed by atoms with Crippen molar-refractivity contribution in [3.8, 4) is 0 Å². The Kier molecular flexibility index (Phi) is 4.88. The molecule has 3 heterocycles. The minimum absolute atomic E-state index is 0.122. The molecule has 1 aliphatic heterocycles. The average molecular weight is 344 g/mol. The van der Waals surface area contributed by atoms with Crippen LogP contribution < -0.4 is 0 Å². The lowest BCUT2D eigenvalue weighted by Gasteiger charge is -2.47. The molecule has 0 saturated carbocycles. The van der Waals surface area contributed by atoms with Gasteiger partial charge in [0.2, 0.25) is 0 Å². The van der Waals surface area contributed by atoms with Gasteiger partial charge in [-0.2, -0.15) is 0 Å². The van der Waals surface area contributed by atoms with Crippen molar-refractivity contribution in [1.82, 2.24) is 29.9 Å². The molecule has 2 aromatic heterocycles. The monoisotopic (exact) mass is 344 g/mol. The third kappa shape index (κ3) is 5.06. The van der Waals surface area contributed by atoms with E-state index in [1.54, 1.807) is 12.4 Å². The molecular formula is C18H28N6O. The molecule has 0 unspecified atom stereocenters. The first-order valence-corrected chi connectivity index (χ1v) is 8.80. The Bertz CT molecular complexity index is 691. The summed E-state index contributed by atoms with van der Waals surface area (Å²) in [6, 6.07) is 0. The van der Waals surface area contributed by atoms with Crippen LogP contribution in [-0.2, 0) is 17.7 Å². The van der Waals surface area contributed by atoms with Crippen molar-refractivity contribution in [2.24, 2.45) is 0 Å².